The number of amides is 1. The van der Waals surface area contributed by atoms with Crippen molar-refractivity contribution in [2.45, 2.75) is 38.6 Å². The molecule has 2 heterocycles. The first-order valence-corrected chi connectivity index (χ1v) is 7.92. The molecule has 1 aromatic rings. The molecule has 4 heteroatoms. The van der Waals surface area contributed by atoms with Gasteiger partial charge >= 0.3 is 0 Å². The second kappa shape index (κ2) is 6.14. The zero-order chi connectivity index (χ0) is 14.8. The van der Waals surface area contributed by atoms with E-state index in [4.69, 9.17) is 0 Å². The maximum atomic E-state index is 13.5. The number of hydrogen-bond donors (Lipinski definition) is 1. The minimum Gasteiger partial charge on any atom is -0.337 e. The Hall–Kier alpha value is -1.42. The molecule has 21 heavy (non-hydrogen) atoms. The first kappa shape index (κ1) is 14.5. The van der Waals surface area contributed by atoms with Crippen LogP contribution < -0.4 is 5.32 Å². The number of aryl methyl sites for hydroxylation is 1. The molecule has 1 N–H and O–H groups in total. The van der Waals surface area contributed by atoms with E-state index in [1.54, 1.807) is 6.07 Å². The van der Waals surface area contributed by atoms with Crippen molar-refractivity contribution >= 4 is 5.91 Å². The third-order valence-electron chi connectivity index (χ3n) is 4.92. The number of hydrogen-bond acceptors (Lipinski definition) is 2. The monoisotopic (exact) mass is 290 g/mol. The highest BCUT2D eigenvalue weighted by atomic mass is 19.1. The van der Waals surface area contributed by atoms with Crippen molar-refractivity contribution in [2.75, 3.05) is 19.6 Å². The SMILES string of the molecule is Cc1c(F)cccc1CCCC1C[C@H]2CNCCN2C1=O. The van der Waals surface area contributed by atoms with Crippen LogP contribution in [-0.4, -0.2) is 36.5 Å². The Kier molecular flexibility index (Phi) is 4.24. The van der Waals surface area contributed by atoms with Crippen molar-refractivity contribution in [1.29, 1.82) is 0 Å². The molecule has 1 unspecified atom stereocenters. The molecule has 0 aromatic heterocycles. The first-order chi connectivity index (χ1) is 10.2. The summed E-state index contributed by atoms with van der Waals surface area (Å²) in [6, 6.07) is 5.66. The van der Waals surface area contributed by atoms with E-state index in [1.807, 2.05) is 13.0 Å². The van der Waals surface area contributed by atoms with Gasteiger partial charge in [-0.15, -0.1) is 0 Å². The van der Waals surface area contributed by atoms with Crippen molar-refractivity contribution in [1.82, 2.24) is 10.2 Å². The van der Waals surface area contributed by atoms with Gasteiger partial charge in [0, 0.05) is 31.6 Å². The second-order valence-corrected chi connectivity index (χ2v) is 6.24. The van der Waals surface area contributed by atoms with Crippen LogP contribution in [0.3, 0.4) is 0 Å². The third-order valence-corrected chi connectivity index (χ3v) is 4.92. The second-order valence-electron chi connectivity index (χ2n) is 6.24. The quantitative estimate of drug-likeness (QED) is 0.922. The fourth-order valence-corrected chi connectivity index (χ4v) is 3.63. The maximum absolute atomic E-state index is 13.5. The number of rotatable bonds is 4. The topological polar surface area (TPSA) is 32.3 Å². The van der Waals surface area contributed by atoms with Crippen LogP contribution in [0.4, 0.5) is 4.39 Å². The molecule has 1 aromatic carbocycles. The van der Waals surface area contributed by atoms with E-state index in [1.165, 1.54) is 6.07 Å². The van der Waals surface area contributed by atoms with Gasteiger partial charge in [0.2, 0.25) is 5.91 Å². The van der Waals surface area contributed by atoms with Crippen molar-refractivity contribution in [3.63, 3.8) is 0 Å². The van der Waals surface area contributed by atoms with E-state index >= 15 is 0 Å². The van der Waals surface area contributed by atoms with Gasteiger partial charge in [-0.3, -0.25) is 4.79 Å². The molecular weight excluding hydrogens is 267 g/mol. The first-order valence-electron chi connectivity index (χ1n) is 7.92. The highest BCUT2D eigenvalue weighted by Gasteiger charge is 2.39. The Labute approximate surface area is 125 Å². The molecule has 0 aliphatic carbocycles. The Morgan fingerprint density at radius 2 is 2.29 bits per heavy atom. The lowest BCUT2D eigenvalue weighted by Gasteiger charge is -2.30. The number of nitrogens with one attached hydrogen (secondary N) is 1. The summed E-state index contributed by atoms with van der Waals surface area (Å²) >= 11 is 0. The van der Waals surface area contributed by atoms with E-state index in [0.29, 0.717) is 11.9 Å². The van der Waals surface area contributed by atoms with Crippen molar-refractivity contribution in [3.8, 4) is 0 Å². The van der Waals surface area contributed by atoms with Crippen LogP contribution in [0.1, 0.15) is 30.4 Å². The van der Waals surface area contributed by atoms with Crippen LogP contribution in [0.15, 0.2) is 18.2 Å². The van der Waals surface area contributed by atoms with Gasteiger partial charge in [0.15, 0.2) is 0 Å². The molecule has 3 nitrogen and oxygen atoms in total. The minimum absolute atomic E-state index is 0.132. The van der Waals surface area contributed by atoms with E-state index in [2.05, 4.69) is 10.2 Å². The van der Waals surface area contributed by atoms with Gasteiger partial charge in [-0.2, -0.15) is 0 Å². The van der Waals surface area contributed by atoms with Gasteiger partial charge in [-0.25, -0.2) is 4.39 Å². The van der Waals surface area contributed by atoms with Crippen LogP contribution in [0.25, 0.3) is 0 Å². The maximum Gasteiger partial charge on any atom is 0.226 e. The number of nitrogens with zero attached hydrogens (tertiary/aromatic N) is 1. The van der Waals surface area contributed by atoms with Crippen LogP contribution in [0.2, 0.25) is 0 Å². The van der Waals surface area contributed by atoms with Crippen LogP contribution in [0.5, 0.6) is 0 Å². The van der Waals surface area contributed by atoms with Crippen LogP contribution in [0, 0.1) is 18.7 Å². The number of carbonyl (C=O) groups is 1. The largest absolute Gasteiger partial charge is 0.337 e. The molecule has 3 rings (SSSR count). The van der Waals surface area contributed by atoms with Crippen LogP contribution >= 0.6 is 0 Å². The van der Waals surface area contributed by atoms with Crippen molar-refractivity contribution in [2.24, 2.45) is 5.92 Å². The highest BCUT2D eigenvalue weighted by Crippen LogP contribution is 2.29. The summed E-state index contributed by atoms with van der Waals surface area (Å²) in [5, 5.41) is 3.36. The van der Waals surface area contributed by atoms with Gasteiger partial charge in [-0.1, -0.05) is 12.1 Å². The highest BCUT2D eigenvalue weighted by molar-refractivity contribution is 5.81. The van der Waals surface area contributed by atoms with Gasteiger partial charge in [0.25, 0.3) is 0 Å². The van der Waals surface area contributed by atoms with Gasteiger partial charge in [-0.05, 0) is 49.8 Å². The lowest BCUT2D eigenvalue weighted by molar-refractivity contribution is -0.132. The fourth-order valence-electron chi connectivity index (χ4n) is 3.63. The predicted molar refractivity (Wildman–Crippen MR) is 80.6 cm³/mol. The lowest BCUT2D eigenvalue weighted by atomic mass is 9.95. The molecule has 114 valence electrons. The molecule has 0 bridgehead atoms. The summed E-state index contributed by atoms with van der Waals surface area (Å²) in [5.74, 6) is 0.369. The Morgan fingerprint density at radius 3 is 3.10 bits per heavy atom. The number of carbonyl (C=O) groups excluding carboxylic acids is 1. The minimum atomic E-state index is -0.132. The molecule has 2 atom stereocenters. The Bertz CT molecular complexity index is 532. The summed E-state index contributed by atoms with van der Waals surface area (Å²) in [6.07, 6.45) is 3.71. The van der Waals surface area contributed by atoms with Gasteiger partial charge < -0.3 is 10.2 Å². The Balaban J connectivity index is 1.54. The molecule has 0 saturated carbocycles. The average molecular weight is 290 g/mol. The molecule has 2 fully saturated rings. The van der Waals surface area contributed by atoms with E-state index in [0.717, 1.165) is 56.4 Å². The molecule has 1 amide bonds. The fraction of sp³-hybridized carbons (Fsp3) is 0.588. The zero-order valence-corrected chi connectivity index (χ0v) is 12.6. The molecule has 0 spiro atoms. The average Bonchev–Trinajstić information content (AvgIpc) is 2.81. The standard InChI is InChI=1S/C17H23FN2O/c1-12-13(5-3-7-16(12)18)4-2-6-14-10-15-11-19-8-9-20(15)17(14)21/h3,5,7,14-15,19H,2,4,6,8-11H2,1H3/t14?,15-/m0/s1. The summed E-state index contributed by atoms with van der Waals surface area (Å²) in [4.78, 5) is 14.4. The number of fused-ring (bicyclic) bond motifs is 1. The lowest BCUT2D eigenvalue weighted by Crippen LogP contribution is -2.49. The summed E-state index contributed by atoms with van der Waals surface area (Å²) in [6.45, 7) is 4.53. The molecule has 2 aliphatic rings. The number of halogens is 1. The van der Waals surface area contributed by atoms with E-state index in [9.17, 15) is 9.18 Å². The van der Waals surface area contributed by atoms with Crippen LogP contribution in [-0.2, 0) is 11.2 Å². The summed E-state index contributed by atoms with van der Waals surface area (Å²) in [5.41, 5.74) is 1.82. The molecule has 0 radical (unpaired) electrons. The van der Waals surface area contributed by atoms with Gasteiger partial charge in [0.1, 0.15) is 5.82 Å². The molecule has 2 saturated heterocycles. The van der Waals surface area contributed by atoms with E-state index in [-0.39, 0.29) is 11.7 Å². The van der Waals surface area contributed by atoms with Crippen molar-refractivity contribution < 1.29 is 9.18 Å². The van der Waals surface area contributed by atoms with Crippen molar-refractivity contribution in [3.05, 3.63) is 35.1 Å². The zero-order valence-electron chi connectivity index (χ0n) is 12.6. The number of piperazine rings is 1. The van der Waals surface area contributed by atoms with Gasteiger partial charge in [0.05, 0.1) is 0 Å². The Morgan fingerprint density at radius 1 is 1.43 bits per heavy atom. The normalized spacial score (nSPS) is 25.2. The molecular formula is C17H23FN2O. The number of benzene rings is 1. The predicted octanol–water partition coefficient (Wildman–Crippen LogP) is 2.28. The third kappa shape index (κ3) is 2.95. The smallest absolute Gasteiger partial charge is 0.226 e. The summed E-state index contributed by atoms with van der Waals surface area (Å²) < 4.78 is 13.5. The molecule has 2 aliphatic heterocycles. The van der Waals surface area contributed by atoms with E-state index < -0.39 is 0 Å². The summed E-state index contributed by atoms with van der Waals surface area (Å²) in [7, 11) is 0.